The van der Waals surface area contributed by atoms with E-state index in [0.717, 1.165) is 10.5 Å². The minimum Gasteiger partial charge on any atom is -0.389 e. The fraction of sp³-hybridized carbons (Fsp3) is 0.304. The van der Waals surface area contributed by atoms with Crippen LogP contribution in [-0.2, 0) is 16.0 Å². The Morgan fingerprint density at radius 3 is 2.82 bits per heavy atom. The molecular formula is C23H24N6O4S. The number of thioether (sulfide) groups is 1. The van der Waals surface area contributed by atoms with Gasteiger partial charge in [-0.05, 0) is 30.5 Å². The Hall–Kier alpha value is -3.57. The van der Waals surface area contributed by atoms with Gasteiger partial charge in [0.2, 0.25) is 17.6 Å². The molecule has 2 heterocycles. The van der Waals surface area contributed by atoms with Crippen LogP contribution in [0.1, 0.15) is 12.3 Å². The van der Waals surface area contributed by atoms with Crippen LogP contribution in [0.2, 0.25) is 0 Å². The maximum atomic E-state index is 12.2. The lowest BCUT2D eigenvalue weighted by atomic mass is 9.93. The largest absolute Gasteiger partial charge is 0.389 e. The molecule has 2 unspecified atom stereocenters. The van der Waals surface area contributed by atoms with E-state index in [4.69, 9.17) is 4.52 Å². The minimum atomic E-state index is -0.856. The summed E-state index contributed by atoms with van der Waals surface area (Å²) in [5.74, 6) is 0.264. The van der Waals surface area contributed by atoms with Crippen LogP contribution >= 0.6 is 11.8 Å². The van der Waals surface area contributed by atoms with Crippen molar-refractivity contribution in [1.29, 1.82) is 0 Å². The van der Waals surface area contributed by atoms with Gasteiger partial charge in [0.05, 0.1) is 12.0 Å². The van der Waals surface area contributed by atoms with E-state index < -0.39 is 12.0 Å². The molecule has 34 heavy (non-hydrogen) atoms. The van der Waals surface area contributed by atoms with Gasteiger partial charge in [0.1, 0.15) is 0 Å². The summed E-state index contributed by atoms with van der Waals surface area (Å²) in [5, 5.41) is 27.4. The van der Waals surface area contributed by atoms with Gasteiger partial charge < -0.3 is 20.3 Å². The number of allylic oxidation sites excluding steroid dienone is 3. The number of carbonyl (C=O) groups is 2. The second-order valence-corrected chi connectivity index (χ2v) is 8.52. The molecule has 1 aliphatic carbocycles. The first-order valence-corrected chi connectivity index (χ1v) is 12.0. The van der Waals surface area contributed by atoms with Crippen LogP contribution in [0.25, 0.3) is 11.4 Å². The molecule has 1 aromatic carbocycles. The standard InChI is InChI=1S/C23H24N6O4S/c1-34-16-8-6-14(7-9-16)21-26-20(33-29-21)11-10-19(31)24-12-15(30)13-25-22-17-4-2-3-5-18(17)23(32)28-27-22/h2-9,15,18,25,30H,10-13H2,1H3,(H,24,31). The fourth-order valence-corrected chi connectivity index (χ4v) is 3.79. The summed E-state index contributed by atoms with van der Waals surface area (Å²) in [6.07, 6.45) is 8.73. The molecule has 0 saturated heterocycles. The van der Waals surface area contributed by atoms with Gasteiger partial charge in [-0.25, -0.2) is 0 Å². The summed E-state index contributed by atoms with van der Waals surface area (Å²) in [5.41, 5.74) is 1.55. The van der Waals surface area contributed by atoms with E-state index >= 15 is 0 Å². The van der Waals surface area contributed by atoms with Crippen LogP contribution < -0.4 is 10.6 Å². The fourth-order valence-electron chi connectivity index (χ4n) is 3.38. The van der Waals surface area contributed by atoms with Crippen molar-refractivity contribution in [2.75, 3.05) is 19.3 Å². The third-order valence-corrected chi connectivity index (χ3v) is 5.98. The van der Waals surface area contributed by atoms with E-state index in [-0.39, 0.29) is 31.3 Å². The van der Waals surface area contributed by atoms with Crippen molar-refractivity contribution in [3.63, 3.8) is 0 Å². The number of aliphatic hydroxyl groups excluding tert-OH is 1. The van der Waals surface area contributed by atoms with Crippen molar-refractivity contribution >= 4 is 23.6 Å². The molecule has 0 saturated carbocycles. The number of amides is 2. The first-order valence-electron chi connectivity index (χ1n) is 10.7. The number of hydrogen-bond acceptors (Lipinski definition) is 9. The van der Waals surface area contributed by atoms with Crippen molar-refractivity contribution in [3.8, 4) is 11.4 Å². The predicted octanol–water partition coefficient (Wildman–Crippen LogP) is 2.40. The summed E-state index contributed by atoms with van der Waals surface area (Å²) < 4.78 is 5.24. The van der Waals surface area contributed by atoms with Crippen LogP contribution in [0.15, 0.2) is 79.6 Å². The van der Waals surface area contributed by atoms with E-state index in [2.05, 4.69) is 31.0 Å². The lowest BCUT2D eigenvalue weighted by Crippen LogP contribution is -2.38. The quantitative estimate of drug-likeness (QED) is 0.440. The molecule has 0 bridgehead atoms. The smallest absolute Gasteiger partial charge is 0.276 e. The molecule has 0 fully saturated rings. The Balaban J connectivity index is 1.20. The lowest BCUT2D eigenvalue weighted by molar-refractivity contribution is -0.122. The second kappa shape index (κ2) is 11.0. The normalized spacial score (nSPS) is 17.6. The van der Waals surface area contributed by atoms with Crippen LogP contribution in [0.3, 0.4) is 0 Å². The molecule has 1 aromatic heterocycles. The molecule has 2 aliphatic rings. The highest BCUT2D eigenvalue weighted by molar-refractivity contribution is 7.98. The van der Waals surface area contributed by atoms with E-state index in [0.29, 0.717) is 29.5 Å². The van der Waals surface area contributed by atoms with Gasteiger partial charge in [-0.1, -0.05) is 29.5 Å². The molecule has 0 radical (unpaired) electrons. The average Bonchev–Trinajstić information content (AvgIpc) is 3.35. The number of rotatable bonds is 10. The zero-order valence-electron chi connectivity index (χ0n) is 18.5. The zero-order chi connectivity index (χ0) is 23.9. The number of azo groups is 1. The Morgan fingerprint density at radius 1 is 1.21 bits per heavy atom. The number of nitrogens with one attached hydrogen (secondary N) is 2. The molecule has 0 spiro atoms. The molecule has 2 atom stereocenters. The van der Waals surface area contributed by atoms with Gasteiger partial charge in [-0.3, -0.25) is 9.59 Å². The molecule has 2 amide bonds. The first kappa shape index (κ1) is 23.6. The van der Waals surface area contributed by atoms with Crippen LogP contribution in [-0.4, -0.2) is 52.5 Å². The number of aliphatic hydroxyl groups is 1. The van der Waals surface area contributed by atoms with Gasteiger partial charge in [-0.2, -0.15) is 4.98 Å². The van der Waals surface area contributed by atoms with Crippen LogP contribution in [0, 0.1) is 5.92 Å². The van der Waals surface area contributed by atoms with Gasteiger partial charge in [-0.15, -0.1) is 22.0 Å². The highest BCUT2D eigenvalue weighted by Gasteiger charge is 2.27. The summed E-state index contributed by atoms with van der Waals surface area (Å²) >= 11 is 1.65. The third kappa shape index (κ3) is 5.86. The van der Waals surface area contributed by atoms with Gasteiger partial charge >= 0.3 is 0 Å². The summed E-state index contributed by atoms with van der Waals surface area (Å²) in [7, 11) is 0. The first-order chi connectivity index (χ1) is 16.5. The Morgan fingerprint density at radius 2 is 2.03 bits per heavy atom. The lowest BCUT2D eigenvalue weighted by Gasteiger charge is -2.21. The van der Waals surface area contributed by atoms with E-state index in [1.165, 1.54) is 0 Å². The molecule has 3 N–H and O–H groups in total. The van der Waals surface area contributed by atoms with Crippen LogP contribution in [0.5, 0.6) is 0 Å². The Kier molecular flexibility index (Phi) is 7.65. The number of benzene rings is 1. The zero-order valence-corrected chi connectivity index (χ0v) is 19.3. The van der Waals surface area contributed by atoms with Crippen molar-refractivity contribution in [2.45, 2.75) is 23.8 Å². The number of nitrogens with zero attached hydrogens (tertiary/aromatic N) is 4. The van der Waals surface area contributed by atoms with Gasteiger partial charge in [0, 0.05) is 42.0 Å². The van der Waals surface area contributed by atoms with Crippen molar-refractivity contribution in [3.05, 3.63) is 65.9 Å². The topological polar surface area (TPSA) is 142 Å². The monoisotopic (exact) mass is 480 g/mol. The van der Waals surface area contributed by atoms with Crippen LogP contribution in [0.4, 0.5) is 0 Å². The number of aryl methyl sites for hydroxylation is 1. The van der Waals surface area contributed by atoms with Gasteiger partial charge in [0.15, 0.2) is 5.82 Å². The number of aromatic nitrogens is 2. The van der Waals surface area contributed by atoms with E-state index in [1.807, 2.05) is 36.6 Å². The second-order valence-electron chi connectivity index (χ2n) is 7.64. The molecule has 176 valence electrons. The highest BCUT2D eigenvalue weighted by Crippen LogP contribution is 2.27. The summed E-state index contributed by atoms with van der Waals surface area (Å²) in [4.78, 5) is 29.5. The number of fused-ring (bicyclic) bond motifs is 1. The van der Waals surface area contributed by atoms with Crippen molar-refractivity contribution in [2.24, 2.45) is 16.1 Å². The Labute approximate surface area is 200 Å². The van der Waals surface area contributed by atoms with Crippen molar-refractivity contribution < 1.29 is 19.2 Å². The molecular weight excluding hydrogens is 456 g/mol. The maximum Gasteiger partial charge on any atom is 0.276 e. The molecule has 2 aromatic rings. The Bertz CT molecular complexity index is 1170. The molecule has 10 nitrogen and oxygen atoms in total. The minimum absolute atomic E-state index is 0.0561. The van der Waals surface area contributed by atoms with E-state index in [9.17, 15) is 14.7 Å². The van der Waals surface area contributed by atoms with Crippen molar-refractivity contribution in [1.82, 2.24) is 20.8 Å². The molecule has 1 aliphatic heterocycles. The van der Waals surface area contributed by atoms with E-state index in [1.54, 1.807) is 30.0 Å². The molecule has 4 rings (SSSR count). The predicted molar refractivity (Wildman–Crippen MR) is 126 cm³/mol. The third-order valence-electron chi connectivity index (χ3n) is 5.24. The average molecular weight is 481 g/mol. The maximum absolute atomic E-state index is 12.2. The summed E-state index contributed by atoms with van der Waals surface area (Å²) in [6, 6.07) is 7.82. The number of carbonyl (C=O) groups excluding carboxylic acids is 2. The van der Waals surface area contributed by atoms with Gasteiger partial charge in [0.25, 0.3) is 5.91 Å². The SMILES string of the molecule is CSc1ccc(-c2noc(CCC(=O)NCC(O)CNC3=C4C=CC=CC4C(=O)N=N3)n2)cc1. The molecule has 11 heteroatoms. The number of hydrogen-bond donors (Lipinski definition) is 3. The highest BCUT2D eigenvalue weighted by atomic mass is 32.2. The summed E-state index contributed by atoms with van der Waals surface area (Å²) in [6.45, 7) is 0.194.